The Balaban J connectivity index is 1.64. The molecule has 0 atom stereocenters. The molecule has 116 valence electrons. The van der Waals surface area contributed by atoms with Crippen LogP contribution in [0, 0.1) is 11.6 Å². The van der Waals surface area contributed by atoms with E-state index in [1.165, 1.54) is 18.2 Å². The van der Waals surface area contributed by atoms with Crippen molar-refractivity contribution in [3.8, 4) is 0 Å². The van der Waals surface area contributed by atoms with Crippen molar-refractivity contribution in [2.24, 2.45) is 0 Å². The smallest absolute Gasteiger partial charge is 0.224 e. The normalized spacial score (nSPS) is 10.5. The fourth-order valence-corrected chi connectivity index (χ4v) is 2.80. The summed E-state index contributed by atoms with van der Waals surface area (Å²) in [5, 5.41) is 2.78. The summed E-state index contributed by atoms with van der Waals surface area (Å²) in [6.45, 7) is 0.507. The van der Waals surface area contributed by atoms with Crippen LogP contribution in [0.25, 0.3) is 0 Å². The first kappa shape index (κ1) is 16.5. The van der Waals surface area contributed by atoms with Gasteiger partial charge in [-0.25, -0.2) is 8.78 Å². The molecule has 0 fully saturated rings. The van der Waals surface area contributed by atoms with Gasteiger partial charge in [-0.15, -0.1) is 0 Å². The number of amides is 1. The van der Waals surface area contributed by atoms with Gasteiger partial charge in [-0.1, -0.05) is 30.3 Å². The van der Waals surface area contributed by atoms with Gasteiger partial charge < -0.3 is 5.32 Å². The first-order chi connectivity index (χ1) is 10.6. The van der Waals surface area contributed by atoms with Gasteiger partial charge in [0.1, 0.15) is 11.6 Å². The molecule has 0 aliphatic rings. The van der Waals surface area contributed by atoms with Crippen molar-refractivity contribution in [3.05, 3.63) is 71.3 Å². The predicted molar refractivity (Wildman–Crippen MR) is 85.7 cm³/mol. The predicted octanol–water partition coefficient (Wildman–Crippen LogP) is 3.56. The maximum absolute atomic E-state index is 13.4. The lowest BCUT2D eigenvalue weighted by molar-refractivity contribution is -0.120. The first-order valence-electron chi connectivity index (χ1n) is 6.97. The fraction of sp³-hybridized carbons (Fsp3) is 0.235. The Hall–Kier alpha value is -1.88. The Bertz CT molecular complexity index is 634. The summed E-state index contributed by atoms with van der Waals surface area (Å²) in [4.78, 5) is 11.7. The second-order valence-corrected chi connectivity index (χ2v) is 5.91. The fourth-order valence-electron chi connectivity index (χ4n) is 1.96. The van der Waals surface area contributed by atoms with Crippen molar-refractivity contribution in [3.63, 3.8) is 0 Å². The van der Waals surface area contributed by atoms with Crippen molar-refractivity contribution in [1.29, 1.82) is 0 Å². The third-order valence-electron chi connectivity index (χ3n) is 3.04. The molecule has 0 heterocycles. The lowest BCUT2D eigenvalue weighted by atomic mass is 10.1. The van der Waals surface area contributed by atoms with Gasteiger partial charge in [0.2, 0.25) is 5.91 Å². The zero-order chi connectivity index (χ0) is 15.8. The minimum Gasteiger partial charge on any atom is -0.355 e. The quantitative estimate of drug-likeness (QED) is 0.790. The van der Waals surface area contributed by atoms with E-state index in [4.69, 9.17) is 0 Å². The van der Waals surface area contributed by atoms with Crippen molar-refractivity contribution in [1.82, 2.24) is 5.32 Å². The van der Waals surface area contributed by atoms with E-state index >= 15 is 0 Å². The van der Waals surface area contributed by atoms with Crippen LogP contribution in [0.3, 0.4) is 0 Å². The largest absolute Gasteiger partial charge is 0.355 e. The zero-order valence-electron chi connectivity index (χ0n) is 12.0. The van der Waals surface area contributed by atoms with Crippen molar-refractivity contribution in [2.45, 2.75) is 12.2 Å². The molecule has 0 unspecified atom stereocenters. The van der Waals surface area contributed by atoms with Gasteiger partial charge in [0.15, 0.2) is 0 Å². The third-order valence-corrected chi connectivity index (χ3v) is 4.05. The molecule has 22 heavy (non-hydrogen) atoms. The molecule has 2 rings (SSSR count). The van der Waals surface area contributed by atoms with Crippen LogP contribution in [0.2, 0.25) is 0 Å². The summed E-state index contributed by atoms with van der Waals surface area (Å²) in [6, 6.07) is 12.7. The Morgan fingerprint density at radius 1 is 1.09 bits per heavy atom. The number of hydrogen-bond donors (Lipinski definition) is 1. The van der Waals surface area contributed by atoms with Gasteiger partial charge in [0.05, 0.1) is 6.42 Å². The molecule has 0 aromatic heterocycles. The van der Waals surface area contributed by atoms with Crippen molar-refractivity contribution >= 4 is 17.7 Å². The van der Waals surface area contributed by atoms with Crippen molar-refractivity contribution < 1.29 is 13.6 Å². The highest BCUT2D eigenvalue weighted by molar-refractivity contribution is 7.98. The summed E-state index contributed by atoms with van der Waals surface area (Å²) >= 11 is 1.56. The number of rotatable bonds is 7. The van der Waals surface area contributed by atoms with Crippen LogP contribution < -0.4 is 5.32 Å². The third kappa shape index (κ3) is 5.48. The highest BCUT2D eigenvalue weighted by Crippen LogP contribution is 2.14. The van der Waals surface area contributed by atoms with E-state index in [-0.39, 0.29) is 24.0 Å². The van der Waals surface area contributed by atoms with E-state index in [2.05, 4.69) is 5.32 Å². The Morgan fingerprint density at radius 3 is 2.68 bits per heavy atom. The summed E-state index contributed by atoms with van der Waals surface area (Å²) in [5.74, 6) is 0.586. The number of hydrogen-bond acceptors (Lipinski definition) is 2. The Morgan fingerprint density at radius 2 is 1.91 bits per heavy atom. The Kier molecular flexibility index (Phi) is 6.40. The van der Waals surface area contributed by atoms with Gasteiger partial charge in [0.25, 0.3) is 0 Å². The van der Waals surface area contributed by atoms with Crippen LogP contribution in [0.15, 0.2) is 48.5 Å². The molecule has 5 heteroatoms. The van der Waals surface area contributed by atoms with E-state index in [1.54, 1.807) is 42.1 Å². The summed E-state index contributed by atoms with van der Waals surface area (Å²) < 4.78 is 26.4. The molecular formula is C17H17F2NOS. The molecule has 0 aliphatic carbocycles. The van der Waals surface area contributed by atoms with E-state index < -0.39 is 0 Å². The molecular weight excluding hydrogens is 304 g/mol. The van der Waals surface area contributed by atoms with Crippen LogP contribution in [0.5, 0.6) is 0 Å². The maximum Gasteiger partial charge on any atom is 0.224 e. The number of halogens is 2. The molecule has 0 saturated heterocycles. The molecule has 2 nitrogen and oxygen atoms in total. The molecule has 2 aromatic carbocycles. The lowest BCUT2D eigenvalue weighted by Crippen LogP contribution is -2.27. The topological polar surface area (TPSA) is 29.1 Å². The van der Waals surface area contributed by atoms with Crippen molar-refractivity contribution in [2.75, 3.05) is 12.3 Å². The molecule has 2 aromatic rings. The molecule has 0 bridgehead atoms. The highest BCUT2D eigenvalue weighted by Gasteiger charge is 2.04. The molecule has 1 amide bonds. The molecule has 0 spiro atoms. The van der Waals surface area contributed by atoms with Gasteiger partial charge in [-0.3, -0.25) is 4.79 Å². The van der Waals surface area contributed by atoms with E-state index in [1.807, 2.05) is 0 Å². The second-order valence-electron chi connectivity index (χ2n) is 4.80. The number of benzene rings is 2. The van der Waals surface area contributed by atoms with E-state index in [0.717, 1.165) is 0 Å². The number of nitrogens with one attached hydrogen (secondary N) is 1. The van der Waals surface area contributed by atoms with Gasteiger partial charge >= 0.3 is 0 Å². The second kappa shape index (κ2) is 8.54. The van der Waals surface area contributed by atoms with E-state index in [9.17, 15) is 13.6 Å². The number of carbonyl (C=O) groups excluding carboxylic acids is 1. The van der Waals surface area contributed by atoms with Gasteiger partial charge in [0, 0.05) is 18.1 Å². The minimum atomic E-state index is -0.342. The van der Waals surface area contributed by atoms with Crippen LogP contribution in [-0.2, 0) is 17.0 Å². The van der Waals surface area contributed by atoms with E-state index in [0.29, 0.717) is 29.2 Å². The molecule has 0 radical (unpaired) electrons. The minimum absolute atomic E-state index is 0.142. The number of thioether (sulfide) groups is 1. The summed E-state index contributed by atoms with van der Waals surface area (Å²) in [5.41, 5.74) is 1.31. The lowest BCUT2D eigenvalue weighted by Gasteiger charge is -2.06. The van der Waals surface area contributed by atoms with Crippen LogP contribution in [-0.4, -0.2) is 18.2 Å². The average Bonchev–Trinajstić information content (AvgIpc) is 2.48. The monoisotopic (exact) mass is 321 g/mol. The highest BCUT2D eigenvalue weighted by atomic mass is 32.2. The summed E-state index contributed by atoms with van der Waals surface area (Å²) in [6.07, 6.45) is 0.162. The summed E-state index contributed by atoms with van der Waals surface area (Å²) in [7, 11) is 0. The number of carbonyl (C=O) groups is 1. The SMILES string of the molecule is O=C(Cc1cccc(F)c1)NCCSCc1ccccc1F. The maximum atomic E-state index is 13.4. The standard InChI is InChI=1S/C17H17F2NOS/c18-15-6-3-4-13(10-15)11-17(21)20-8-9-22-12-14-5-1-2-7-16(14)19/h1-7,10H,8-9,11-12H2,(H,20,21). The Labute approximate surface area is 132 Å². The molecule has 0 saturated carbocycles. The first-order valence-corrected chi connectivity index (χ1v) is 8.13. The van der Waals surface area contributed by atoms with Crippen LogP contribution >= 0.6 is 11.8 Å². The zero-order valence-corrected chi connectivity index (χ0v) is 12.8. The van der Waals surface area contributed by atoms with Gasteiger partial charge in [-0.05, 0) is 29.3 Å². The molecule has 0 aliphatic heterocycles. The van der Waals surface area contributed by atoms with Crippen LogP contribution in [0.1, 0.15) is 11.1 Å². The molecule has 1 N–H and O–H groups in total. The van der Waals surface area contributed by atoms with Gasteiger partial charge in [-0.2, -0.15) is 11.8 Å². The van der Waals surface area contributed by atoms with Crippen LogP contribution in [0.4, 0.5) is 8.78 Å². The average molecular weight is 321 g/mol.